The van der Waals surface area contributed by atoms with Gasteiger partial charge in [-0.3, -0.25) is 5.10 Å². The highest BCUT2D eigenvalue weighted by Gasteiger charge is 2.10. The van der Waals surface area contributed by atoms with Crippen molar-refractivity contribution in [2.45, 2.75) is 13.0 Å². The van der Waals surface area contributed by atoms with Crippen LogP contribution < -0.4 is 5.32 Å². The van der Waals surface area contributed by atoms with Gasteiger partial charge in [0.1, 0.15) is 5.82 Å². The number of fused-ring (bicyclic) bond motifs is 1. The summed E-state index contributed by atoms with van der Waals surface area (Å²) in [5.41, 5.74) is 2.83. The van der Waals surface area contributed by atoms with Crippen LogP contribution in [-0.4, -0.2) is 10.2 Å². The fourth-order valence-electron chi connectivity index (χ4n) is 2.19. The van der Waals surface area contributed by atoms with E-state index in [0.717, 1.165) is 22.2 Å². The van der Waals surface area contributed by atoms with Gasteiger partial charge in [0.2, 0.25) is 0 Å². The van der Waals surface area contributed by atoms with Gasteiger partial charge >= 0.3 is 0 Å². The number of hydrogen-bond acceptors (Lipinski definition) is 2. The van der Waals surface area contributed by atoms with Gasteiger partial charge in [0.05, 0.1) is 22.4 Å². The van der Waals surface area contributed by atoms with Crippen LogP contribution in [0.5, 0.6) is 0 Å². The Kier molecular flexibility index (Phi) is 3.32. The van der Waals surface area contributed by atoms with E-state index in [4.69, 9.17) is 11.6 Å². The third kappa shape index (κ3) is 2.34. The summed E-state index contributed by atoms with van der Waals surface area (Å²) in [5.74, 6) is -0.404. The van der Waals surface area contributed by atoms with E-state index in [1.54, 1.807) is 18.3 Å². The SMILES string of the molecule is CC(Nc1cccc2cn[nH]c12)c1ccc(F)c(Cl)c1. The van der Waals surface area contributed by atoms with Gasteiger partial charge in [0.25, 0.3) is 0 Å². The van der Waals surface area contributed by atoms with Crippen molar-refractivity contribution in [1.29, 1.82) is 0 Å². The fourth-order valence-corrected chi connectivity index (χ4v) is 2.38. The summed E-state index contributed by atoms with van der Waals surface area (Å²) in [6, 6.07) is 10.7. The number of hydrogen-bond donors (Lipinski definition) is 2. The third-order valence-corrected chi connectivity index (χ3v) is 3.58. The van der Waals surface area contributed by atoms with E-state index in [2.05, 4.69) is 15.5 Å². The summed E-state index contributed by atoms with van der Waals surface area (Å²) in [6.45, 7) is 2.00. The highest BCUT2D eigenvalue weighted by atomic mass is 35.5. The average Bonchev–Trinajstić information content (AvgIpc) is 2.91. The molecule has 0 bridgehead atoms. The fraction of sp³-hybridized carbons (Fsp3) is 0.133. The molecule has 2 aromatic carbocycles. The molecule has 0 saturated carbocycles. The second-order valence-electron chi connectivity index (χ2n) is 4.68. The molecule has 1 aromatic heterocycles. The molecule has 0 aliphatic carbocycles. The lowest BCUT2D eigenvalue weighted by Gasteiger charge is -2.16. The van der Waals surface area contributed by atoms with Gasteiger partial charge < -0.3 is 5.32 Å². The monoisotopic (exact) mass is 289 g/mol. The Morgan fingerprint density at radius 1 is 1.30 bits per heavy atom. The number of halogens is 2. The first-order chi connectivity index (χ1) is 9.65. The lowest BCUT2D eigenvalue weighted by molar-refractivity contribution is 0.627. The lowest BCUT2D eigenvalue weighted by Crippen LogP contribution is -2.07. The number of anilines is 1. The molecule has 102 valence electrons. The van der Waals surface area contributed by atoms with Gasteiger partial charge in [0.15, 0.2) is 0 Å². The smallest absolute Gasteiger partial charge is 0.141 e. The van der Waals surface area contributed by atoms with Gasteiger partial charge in [-0.05, 0) is 30.7 Å². The van der Waals surface area contributed by atoms with E-state index < -0.39 is 5.82 Å². The minimum atomic E-state index is -0.404. The molecule has 0 aliphatic rings. The van der Waals surface area contributed by atoms with Crippen molar-refractivity contribution in [2.24, 2.45) is 0 Å². The van der Waals surface area contributed by atoms with Crippen LogP contribution >= 0.6 is 11.6 Å². The molecular weight excluding hydrogens is 277 g/mol. The summed E-state index contributed by atoms with van der Waals surface area (Å²) >= 11 is 5.82. The van der Waals surface area contributed by atoms with E-state index in [1.165, 1.54) is 6.07 Å². The molecule has 0 fully saturated rings. The first kappa shape index (κ1) is 12.9. The number of aromatic amines is 1. The van der Waals surface area contributed by atoms with Crippen LogP contribution in [0.25, 0.3) is 10.9 Å². The summed E-state index contributed by atoms with van der Waals surface area (Å²) in [4.78, 5) is 0. The minimum Gasteiger partial charge on any atom is -0.377 e. The van der Waals surface area contributed by atoms with Crippen molar-refractivity contribution in [2.75, 3.05) is 5.32 Å². The van der Waals surface area contributed by atoms with Crippen LogP contribution in [0.15, 0.2) is 42.6 Å². The van der Waals surface area contributed by atoms with Crippen LogP contribution in [0.3, 0.4) is 0 Å². The number of nitrogens with zero attached hydrogens (tertiary/aromatic N) is 1. The molecule has 0 amide bonds. The third-order valence-electron chi connectivity index (χ3n) is 3.29. The molecule has 2 N–H and O–H groups in total. The summed E-state index contributed by atoms with van der Waals surface area (Å²) in [5, 5.41) is 11.6. The number of para-hydroxylation sites is 1. The van der Waals surface area contributed by atoms with E-state index in [0.29, 0.717) is 0 Å². The highest BCUT2D eigenvalue weighted by Crippen LogP contribution is 2.27. The molecule has 0 spiro atoms. The minimum absolute atomic E-state index is 0.00185. The summed E-state index contributed by atoms with van der Waals surface area (Å²) in [6.07, 6.45) is 1.78. The Morgan fingerprint density at radius 3 is 2.95 bits per heavy atom. The average molecular weight is 290 g/mol. The maximum atomic E-state index is 13.2. The number of rotatable bonds is 3. The molecule has 3 rings (SSSR count). The molecule has 20 heavy (non-hydrogen) atoms. The largest absolute Gasteiger partial charge is 0.377 e. The second-order valence-corrected chi connectivity index (χ2v) is 5.09. The van der Waals surface area contributed by atoms with Crippen molar-refractivity contribution < 1.29 is 4.39 Å². The second kappa shape index (κ2) is 5.13. The maximum Gasteiger partial charge on any atom is 0.141 e. The van der Waals surface area contributed by atoms with Crippen LogP contribution in [-0.2, 0) is 0 Å². The zero-order valence-electron chi connectivity index (χ0n) is 10.8. The Hall–Kier alpha value is -2.07. The van der Waals surface area contributed by atoms with Gasteiger partial charge in [-0.25, -0.2) is 4.39 Å². The Morgan fingerprint density at radius 2 is 2.15 bits per heavy atom. The van der Waals surface area contributed by atoms with Crippen molar-refractivity contribution in [1.82, 2.24) is 10.2 Å². The van der Waals surface area contributed by atoms with Crippen LogP contribution in [0, 0.1) is 5.82 Å². The standard InChI is InChI=1S/C15H13ClFN3/c1-9(10-5-6-13(17)12(16)7-10)19-14-4-2-3-11-8-18-20-15(11)14/h2-9,19H,1H3,(H,18,20). The Balaban J connectivity index is 1.90. The molecule has 1 unspecified atom stereocenters. The van der Waals surface area contributed by atoms with Crippen LogP contribution in [0.2, 0.25) is 5.02 Å². The van der Waals surface area contributed by atoms with Crippen molar-refractivity contribution in [3.05, 3.63) is 59.0 Å². The zero-order chi connectivity index (χ0) is 14.1. The lowest BCUT2D eigenvalue weighted by atomic mass is 10.1. The van der Waals surface area contributed by atoms with Gasteiger partial charge in [0, 0.05) is 11.4 Å². The molecule has 0 aliphatic heterocycles. The summed E-state index contributed by atoms with van der Waals surface area (Å²) < 4.78 is 13.2. The van der Waals surface area contributed by atoms with Crippen LogP contribution in [0.4, 0.5) is 10.1 Å². The first-order valence-corrected chi connectivity index (χ1v) is 6.66. The van der Waals surface area contributed by atoms with Crippen molar-refractivity contribution in [3.8, 4) is 0 Å². The van der Waals surface area contributed by atoms with E-state index >= 15 is 0 Å². The maximum absolute atomic E-state index is 13.2. The molecule has 0 radical (unpaired) electrons. The van der Waals surface area contributed by atoms with E-state index in [9.17, 15) is 4.39 Å². The van der Waals surface area contributed by atoms with Gasteiger partial charge in [-0.15, -0.1) is 0 Å². The van der Waals surface area contributed by atoms with Crippen LogP contribution in [0.1, 0.15) is 18.5 Å². The predicted molar refractivity (Wildman–Crippen MR) is 79.5 cm³/mol. The molecule has 5 heteroatoms. The molecule has 3 aromatic rings. The predicted octanol–water partition coefficient (Wildman–Crippen LogP) is 4.53. The molecule has 3 nitrogen and oxygen atoms in total. The molecule has 1 atom stereocenters. The topological polar surface area (TPSA) is 40.7 Å². The molecule has 0 saturated heterocycles. The highest BCUT2D eigenvalue weighted by molar-refractivity contribution is 6.30. The Labute approximate surface area is 120 Å². The molecule has 1 heterocycles. The van der Waals surface area contributed by atoms with Crippen molar-refractivity contribution in [3.63, 3.8) is 0 Å². The number of H-pyrrole nitrogens is 1. The number of benzene rings is 2. The Bertz CT molecular complexity index is 754. The van der Waals surface area contributed by atoms with Crippen molar-refractivity contribution >= 4 is 28.2 Å². The normalized spacial score (nSPS) is 12.6. The van der Waals surface area contributed by atoms with Gasteiger partial charge in [-0.1, -0.05) is 29.8 Å². The van der Waals surface area contributed by atoms with E-state index in [-0.39, 0.29) is 11.1 Å². The van der Waals surface area contributed by atoms with E-state index in [1.807, 2.05) is 25.1 Å². The molecular formula is C15H13ClFN3. The zero-order valence-corrected chi connectivity index (χ0v) is 11.6. The number of nitrogens with one attached hydrogen (secondary N) is 2. The first-order valence-electron chi connectivity index (χ1n) is 6.29. The summed E-state index contributed by atoms with van der Waals surface area (Å²) in [7, 11) is 0. The number of aromatic nitrogens is 2. The quantitative estimate of drug-likeness (QED) is 0.744. The van der Waals surface area contributed by atoms with Gasteiger partial charge in [-0.2, -0.15) is 5.10 Å².